The minimum absolute atomic E-state index is 0.115. The first kappa shape index (κ1) is 10.3. The van der Waals surface area contributed by atoms with E-state index in [4.69, 9.17) is 4.74 Å². The maximum absolute atomic E-state index is 10.8. The lowest BCUT2D eigenvalue weighted by Gasteiger charge is -1.90. The number of para-hydroxylation sites is 1. The molecule has 0 radical (unpaired) electrons. The van der Waals surface area contributed by atoms with Gasteiger partial charge in [-0.3, -0.25) is 0 Å². The minimum Gasteiger partial charge on any atom is -0.333 e. The summed E-state index contributed by atoms with van der Waals surface area (Å²) in [6.45, 7) is 0. The second-order valence-electron chi connectivity index (χ2n) is 2.71. The number of fused-ring (bicyclic) bond motifs is 1. The number of nitrogens with zero attached hydrogens (tertiary/aromatic N) is 1. The molecule has 0 aliphatic carbocycles. The topological polar surface area (TPSA) is 56.3 Å². The SMILES string of the molecule is COC(c1nc2ccccc2s1)=S(=O)=O. The van der Waals surface area contributed by atoms with Gasteiger partial charge in [-0.1, -0.05) is 12.1 Å². The Labute approximate surface area is 91.7 Å². The van der Waals surface area contributed by atoms with Gasteiger partial charge in [0.25, 0.3) is 0 Å². The monoisotopic (exact) mass is 241 g/mol. The van der Waals surface area contributed by atoms with Crippen LogP contribution in [-0.2, 0) is 15.0 Å². The molecule has 2 rings (SSSR count). The molecule has 6 heteroatoms. The lowest BCUT2D eigenvalue weighted by molar-refractivity contribution is 0.413. The Bertz CT molecular complexity index is 587. The highest BCUT2D eigenvalue weighted by molar-refractivity contribution is 7.73. The van der Waals surface area contributed by atoms with E-state index in [2.05, 4.69) is 4.98 Å². The van der Waals surface area contributed by atoms with Crippen LogP contribution in [0.5, 0.6) is 0 Å². The van der Waals surface area contributed by atoms with E-state index in [0.29, 0.717) is 5.01 Å². The Kier molecular flexibility index (Phi) is 2.81. The van der Waals surface area contributed by atoms with Crippen LogP contribution in [0, 0.1) is 0 Å². The first-order valence-corrected chi connectivity index (χ1v) is 5.97. The van der Waals surface area contributed by atoms with Gasteiger partial charge in [-0.05, 0) is 12.1 Å². The molecule has 2 aromatic rings. The Morgan fingerprint density at radius 2 is 2.13 bits per heavy atom. The lowest BCUT2D eigenvalue weighted by atomic mass is 10.3. The number of hydrogen-bond acceptors (Lipinski definition) is 5. The largest absolute Gasteiger partial charge is 0.333 e. The van der Waals surface area contributed by atoms with Gasteiger partial charge >= 0.3 is 0 Å². The first-order valence-electron chi connectivity index (χ1n) is 4.08. The molecule has 0 spiro atoms. The van der Waals surface area contributed by atoms with E-state index in [9.17, 15) is 8.42 Å². The third-order valence-corrected chi connectivity index (χ3v) is 3.63. The van der Waals surface area contributed by atoms with Crippen LogP contribution in [0.15, 0.2) is 24.3 Å². The van der Waals surface area contributed by atoms with Crippen LogP contribution < -0.4 is 0 Å². The summed E-state index contributed by atoms with van der Waals surface area (Å²) in [4.78, 5) is 4.17. The minimum atomic E-state index is -2.39. The van der Waals surface area contributed by atoms with Gasteiger partial charge in [-0.2, -0.15) is 8.42 Å². The number of methoxy groups -OCH3 is 1. The summed E-state index contributed by atoms with van der Waals surface area (Å²) in [7, 11) is -1.07. The molecule has 0 saturated carbocycles. The van der Waals surface area contributed by atoms with E-state index in [1.165, 1.54) is 18.4 Å². The standard InChI is InChI=1S/C9H7NO3S2/c1-13-9(15(11)12)8-10-6-4-2-3-5-7(6)14-8/h2-5H,1H3. The van der Waals surface area contributed by atoms with Gasteiger partial charge in [0.05, 0.1) is 10.2 Å². The van der Waals surface area contributed by atoms with Crippen molar-refractivity contribution in [3.63, 3.8) is 0 Å². The van der Waals surface area contributed by atoms with E-state index in [0.717, 1.165) is 10.2 Å². The van der Waals surface area contributed by atoms with Gasteiger partial charge in [0.15, 0.2) is 5.01 Å². The summed E-state index contributed by atoms with van der Waals surface area (Å²) in [5.74, 6) is 0. The van der Waals surface area contributed by atoms with Crippen molar-refractivity contribution in [2.75, 3.05) is 7.11 Å². The molecule has 4 nitrogen and oxygen atoms in total. The number of rotatable bonds is 1. The molecule has 1 heterocycles. The Morgan fingerprint density at radius 3 is 2.73 bits per heavy atom. The van der Waals surface area contributed by atoms with Gasteiger partial charge in [0.2, 0.25) is 15.3 Å². The highest BCUT2D eigenvalue weighted by atomic mass is 32.2. The van der Waals surface area contributed by atoms with Crippen molar-refractivity contribution in [2.45, 2.75) is 0 Å². The highest BCUT2D eigenvalue weighted by Crippen LogP contribution is 2.21. The Morgan fingerprint density at radius 1 is 1.40 bits per heavy atom. The second-order valence-corrected chi connectivity index (χ2v) is 4.58. The molecule has 0 N–H and O–H groups in total. The van der Waals surface area contributed by atoms with Crippen LogP contribution in [0.4, 0.5) is 0 Å². The lowest BCUT2D eigenvalue weighted by Crippen LogP contribution is -2.03. The van der Waals surface area contributed by atoms with E-state index < -0.39 is 10.3 Å². The third kappa shape index (κ3) is 1.92. The normalized spacial score (nSPS) is 10.5. The molecule has 1 aromatic heterocycles. The number of thiazole rings is 1. The van der Waals surface area contributed by atoms with Gasteiger partial charge in [-0.25, -0.2) is 4.98 Å². The van der Waals surface area contributed by atoms with Crippen LogP contribution in [0.3, 0.4) is 0 Å². The van der Waals surface area contributed by atoms with Gasteiger partial charge in [0.1, 0.15) is 0 Å². The molecule has 15 heavy (non-hydrogen) atoms. The molecule has 0 saturated heterocycles. The number of benzene rings is 1. The van der Waals surface area contributed by atoms with Crippen molar-refractivity contribution in [1.29, 1.82) is 0 Å². The van der Waals surface area contributed by atoms with Crippen molar-refractivity contribution in [3.8, 4) is 0 Å². The molecule has 1 aromatic carbocycles. The second kappa shape index (κ2) is 4.09. The fourth-order valence-electron chi connectivity index (χ4n) is 1.19. The maximum Gasteiger partial charge on any atom is 0.248 e. The number of ether oxygens (including phenoxy) is 1. The first-order chi connectivity index (χ1) is 7.22. The van der Waals surface area contributed by atoms with E-state index >= 15 is 0 Å². The molecule has 78 valence electrons. The van der Waals surface area contributed by atoms with Crippen molar-refractivity contribution < 1.29 is 13.2 Å². The van der Waals surface area contributed by atoms with Crippen molar-refractivity contribution >= 4 is 36.9 Å². The van der Waals surface area contributed by atoms with Crippen LogP contribution in [0.1, 0.15) is 5.01 Å². The molecular weight excluding hydrogens is 234 g/mol. The van der Waals surface area contributed by atoms with E-state index in [1.807, 2.05) is 24.3 Å². The average Bonchev–Trinajstić information content (AvgIpc) is 2.61. The predicted molar refractivity (Wildman–Crippen MR) is 59.7 cm³/mol. The fourth-order valence-corrected chi connectivity index (χ4v) is 2.72. The van der Waals surface area contributed by atoms with E-state index in [1.54, 1.807) is 0 Å². The summed E-state index contributed by atoms with van der Waals surface area (Å²) in [6, 6.07) is 7.45. The summed E-state index contributed by atoms with van der Waals surface area (Å²) in [5, 5.41) is 0.267. The quantitative estimate of drug-likeness (QED) is 0.706. The Balaban J connectivity index is 2.68. The van der Waals surface area contributed by atoms with Crippen molar-refractivity contribution in [2.24, 2.45) is 0 Å². The van der Waals surface area contributed by atoms with Crippen LogP contribution in [0.2, 0.25) is 0 Å². The molecule has 0 fully saturated rings. The molecule has 0 bridgehead atoms. The average molecular weight is 241 g/mol. The fraction of sp³-hybridized carbons (Fsp3) is 0.111. The maximum atomic E-state index is 10.8. The summed E-state index contributed by atoms with van der Waals surface area (Å²) in [5.41, 5.74) is 0.775. The third-order valence-electron chi connectivity index (χ3n) is 1.81. The predicted octanol–water partition coefficient (Wildman–Crippen LogP) is 1.30. The Hall–Kier alpha value is -1.24. The summed E-state index contributed by atoms with van der Waals surface area (Å²) >= 11 is 1.29. The van der Waals surface area contributed by atoms with Gasteiger partial charge in [-0.15, -0.1) is 11.3 Å². The number of hydrogen-bond donors (Lipinski definition) is 0. The molecule has 0 unspecified atom stereocenters. The van der Waals surface area contributed by atoms with Gasteiger partial charge in [0, 0.05) is 7.11 Å². The zero-order valence-electron chi connectivity index (χ0n) is 7.80. The summed E-state index contributed by atoms with van der Waals surface area (Å²) < 4.78 is 27.3. The van der Waals surface area contributed by atoms with Crippen LogP contribution >= 0.6 is 11.3 Å². The molecule has 0 amide bonds. The van der Waals surface area contributed by atoms with Gasteiger partial charge < -0.3 is 4.74 Å². The molecule has 0 aliphatic rings. The zero-order chi connectivity index (χ0) is 10.8. The highest BCUT2D eigenvalue weighted by Gasteiger charge is 2.10. The van der Waals surface area contributed by atoms with Crippen molar-refractivity contribution in [3.05, 3.63) is 29.3 Å². The zero-order valence-corrected chi connectivity index (χ0v) is 9.43. The smallest absolute Gasteiger partial charge is 0.248 e. The van der Waals surface area contributed by atoms with Crippen molar-refractivity contribution in [1.82, 2.24) is 4.98 Å². The molecule has 0 atom stereocenters. The van der Waals surface area contributed by atoms with Crippen LogP contribution in [0.25, 0.3) is 10.2 Å². The van der Waals surface area contributed by atoms with Crippen LogP contribution in [-0.4, -0.2) is 25.6 Å². The summed E-state index contributed by atoms with van der Waals surface area (Å²) in [6.07, 6.45) is 0. The molecular formula is C9H7NO3S2. The molecule has 0 aliphatic heterocycles. The van der Waals surface area contributed by atoms with E-state index in [-0.39, 0.29) is 5.05 Å². The number of aromatic nitrogens is 1.